The van der Waals surface area contributed by atoms with Gasteiger partial charge in [0.15, 0.2) is 0 Å². The molecular formula is C9H7F2N. The molecule has 0 aromatic heterocycles. The summed E-state index contributed by atoms with van der Waals surface area (Å²) < 4.78 is 25.4. The van der Waals surface area contributed by atoms with Crippen molar-refractivity contribution < 1.29 is 8.78 Å². The highest BCUT2D eigenvalue weighted by molar-refractivity contribution is 5.30. The number of hydrogen-bond donors (Lipinski definition) is 0. The SMILES string of the molecule is Cc1c(F)cc(F)cc1CC#N. The normalized spacial score (nSPS) is 9.50. The van der Waals surface area contributed by atoms with E-state index in [0.717, 1.165) is 6.07 Å². The van der Waals surface area contributed by atoms with Gasteiger partial charge >= 0.3 is 0 Å². The van der Waals surface area contributed by atoms with Gasteiger partial charge in [-0.25, -0.2) is 8.78 Å². The van der Waals surface area contributed by atoms with Crippen molar-refractivity contribution in [2.24, 2.45) is 0 Å². The maximum absolute atomic E-state index is 12.8. The zero-order valence-corrected chi connectivity index (χ0v) is 6.56. The Balaban J connectivity index is 3.20. The van der Waals surface area contributed by atoms with Gasteiger partial charge < -0.3 is 0 Å². The maximum atomic E-state index is 12.8. The van der Waals surface area contributed by atoms with Gasteiger partial charge in [-0.05, 0) is 24.1 Å². The summed E-state index contributed by atoms with van der Waals surface area (Å²) in [6.45, 7) is 1.53. The van der Waals surface area contributed by atoms with Crippen molar-refractivity contribution in [1.82, 2.24) is 0 Å². The van der Waals surface area contributed by atoms with E-state index in [4.69, 9.17) is 5.26 Å². The van der Waals surface area contributed by atoms with Crippen LogP contribution in [0.2, 0.25) is 0 Å². The number of nitrogens with zero attached hydrogens (tertiary/aromatic N) is 1. The Labute approximate surface area is 69.2 Å². The fourth-order valence-corrected chi connectivity index (χ4v) is 0.968. The molecule has 12 heavy (non-hydrogen) atoms. The van der Waals surface area contributed by atoms with Crippen LogP contribution in [0.15, 0.2) is 12.1 Å². The molecule has 0 heterocycles. The van der Waals surface area contributed by atoms with E-state index in [0.29, 0.717) is 11.1 Å². The lowest BCUT2D eigenvalue weighted by Gasteiger charge is -2.02. The Morgan fingerprint density at radius 2 is 2.08 bits per heavy atom. The lowest BCUT2D eigenvalue weighted by Crippen LogP contribution is -1.93. The zero-order valence-electron chi connectivity index (χ0n) is 6.56. The molecule has 0 amide bonds. The van der Waals surface area contributed by atoms with Gasteiger partial charge in [0.05, 0.1) is 12.5 Å². The summed E-state index contributed by atoms with van der Waals surface area (Å²) in [5, 5.41) is 8.33. The first-order chi connectivity index (χ1) is 5.65. The van der Waals surface area contributed by atoms with Crippen molar-refractivity contribution in [3.8, 4) is 6.07 Å². The summed E-state index contributed by atoms with van der Waals surface area (Å²) in [5.41, 5.74) is 0.757. The number of nitriles is 1. The van der Waals surface area contributed by atoms with Gasteiger partial charge in [-0.3, -0.25) is 0 Å². The highest BCUT2D eigenvalue weighted by atomic mass is 19.1. The maximum Gasteiger partial charge on any atom is 0.129 e. The molecule has 0 N–H and O–H groups in total. The van der Waals surface area contributed by atoms with Crippen LogP contribution >= 0.6 is 0 Å². The van der Waals surface area contributed by atoms with Gasteiger partial charge in [0.1, 0.15) is 11.6 Å². The van der Waals surface area contributed by atoms with E-state index in [-0.39, 0.29) is 6.42 Å². The summed E-state index contributed by atoms with van der Waals surface area (Å²) in [6.07, 6.45) is 0.0422. The van der Waals surface area contributed by atoms with Gasteiger partial charge in [0.25, 0.3) is 0 Å². The second-order valence-electron chi connectivity index (χ2n) is 2.51. The minimum absolute atomic E-state index is 0.0422. The molecule has 1 nitrogen and oxygen atoms in total. The number of rotatable bonds is 1. The molecule has 0 unspecified atom stereocenters. The molecule has 0 saturated carbocycles. The zero-order chi connectivity index (χ0) is 9.14. The smallest absolute Gasteiger partial charge is 0.129 e. The van der Waals surface area contributed by atoms with Crippen molar-refractivity contribution in [1.29, 1.82) is 5.26 Å². The topological polar surface area (TPSA) is 23.8 Å². The van der Waals surface area contributed by atoms with Crippen molar-refractivity contribution in [3.63, 3.8) is 0 Å². The summed E-state index contributed by atoms with van der Waals surface area (Å²) in [5.74, 6) is -1.23. The van der Waals surface area contributed by atoms with Gasteiger partial charge in [0.2, 0.25) is 0 Å². The molecule has 0 spiro atoms. The van der Waals surface area contributed by atoms with Gasteiger partial charge in [0, 0.05) is 6.07 Å². The van der Waals surface area contributed by atoms with Crippen LogP contribution < -0.4 is 0 Å². The Morgan fingerprint density at radius 1 is 1.42 bits per heavy atom. The predicted molar refractivity (Wildman–Crippen MR) is 40.4 cm³/mol. The summed E-state index contributed by atoms with van der Waals surface area (Å²) in [6, 6.07) is 3.84. The van der Waals surface area contributed by atoms with Crippen molar-refractivity contribution in [2.45, 2.75) is 13.3 Å². The van der Waals surface area contributed by atoms with Crippen molar-refractivity contribution >= 4 is 0 Å². The van der Waals surface area contributed by atoms with Gasteiger partial charge in [-0.2, -0.15) is 5.26 Å². The second-order valence-corrected chi connectivity index (χ2v) is 2.51. The Kier molecular flexibility index (Phi) is 2.39. The largest absolute Gasteiger partial charge is 0.207 e. The van der Waals surface area contributed by atoms with Crippen LogP contribution in [0.3, 0.4) is 0 Å². The average molecular weight is 167 g/mol. The third-order valence-corrected chi connectivity index (χ3v) is 1.69. The number of benzene rings is 1. The number of hydrogen-bond acceptors (Lipinski definition) is 1. The minimum Gasteiger partial charge on any atom is -0.207 e. The first-order valence-electron chi connectivity index (χ1n) is 3.46. The number of halogens is 2. The van der Waals surface area contributed by atoms with E-state index < -0.39 is 11.6 Å². The quantitative estimate of drug-likeness (QED) is 0.629. The van der Waals surface area contributed by atoms with Crippen LogP contribution in [-0.2, 0) is 6.42 Å². The van der Waals surface area contributed by atoms with Crippen LogP contribution in [0.1, 0.15) is 11.1 Å². The molecule has 1 aromatic rings. The van der Waals surface area contributed by atoms with Gasteiger partial charge in [-0.15, -0.1) is 0 Å². The predicted octanol–water partition coefficient (Wildman–Crippen LogP) is 2.34. The first-order valence-corrected chi connectivity index (χ1v) is 3.46. The molecule has 0 fully saturated rings. The fraction of sp³-hybridized carbons (Fsp3) is 0.222. The van der Waals surface area contributed by atoms with Crippen LogP contribution in [0.4, 0.5) is 8.78 Å². The van der Waals surface area contributed by atoms with E-state index >= 15 is 0 Å². The van der Waals surface area contributed by atoms with Crippen molar-refractivity contribution in [3.05, 3.63) is 34.9 Å². The minimum atomic E-state index is -0.636. The monoisotopic (exact) mass is 167 g/mol. The molecule has 0 aliphatic carbocycles. The van der Waals surface area contributed by atoms with Crippen LogP contribution in [-0.4, -0.2) is 0 Å². The fourth-order valence-electron chi connectivity index (χ4n) is 0.968. The van der Waals surface area contributed by atoms with E-state index in [9.17, 15) is 8.78 Å². The van der Waals surface area contributed by atoms with Crippen LogP contribution in [0, 0.1) is 29.9 Å². The Bertz CT molecular complexity index is 339. The molecule has 1 rings (SSSR count). The molecular weight excluding hydrogens is 160 g/mol. The summed E-state index contributed by atoms with van der Waals surface area (Å²) in [4.78, 5) is 0. The van der Waals surface area contributed by atoms with Crippen LogP contribution in [0.25, 0.3) is 0 Å². The lowest BCUT2D eigenvalue weighted by atomic mass is 10.1. The molecule has 0 radical (unpaired) electrons. The molecule has 1 aromatic carbocycles. The van der Waals surface area contributed by atoms with E-state index in [1.807, 2.05) is 6.07 Å². The Morgan fingerprint density at radius 3 is 2.67 bits per heavy atom. The van der Waals surface area contributed by atoms with E-state index in [1.54, 1.807) is 0 Å². The molecule has 0 aliphatic heterocycles. The highest BCUT2D eigenvalue weighted by Gasteiger charge is 2.05. The van der Waals surface area contributed by atoms with Crippen molar-refractivity contribution in [2.75, 3.05) is 0 Å². The molecule has 0 bridgehead atoms. The third kappa shape index (κ3) is 1.59. The second kappa shape index (κ2) is 3.31. The van der Waals surface area contributed by atoms with E-state index in [1.165, 1.54) is 13.0 Å². The first kappa shape index (κ1) is 8.66. The standard InChI is InChI=1S/C9H7F2N/c1-6-7(2-3-12)4-8(10)5-9(6)11/h4-5H,2H2,1H3. The molecule has 0 atom stereocenters. The third-order valence-electron chi connectivity index (χ3n) is 1.69. The average Bonchev–Trinajstić information content (AvgIpc) is 2.00. The summed E-state index contributed by atoms with van der Waals surface area (Å²) >= 11 is 0. The molecule has 0 aliphatic rings. The molecule has 0 saturated heterocycles. The Hall–Kier alpha value is -1.43. The van der Waals surface area contributed by atoms with E-state index in [2.05, 4.69) is 0 Å². The molecule has 62 valence electrons. The highest BCUT2D eigenvalue weighted by Crippen LogP contribution is 2.14. The summed E-state index contributed by atoms with van der Waals surface area (Å²) in [7, 11) is 0. The molecule has 3 heteroatoms. The van der Waals surface area contributed by atoms with Gasteiger partial charge in [-0.1, -0.05) is 0 Å². The van der Waals surface area contributed by atoms with Crippen LogP contribution in [0.5, 0.6) is 0 Å². The lowest BCUT2D eigenvalue weighted by molar-refractivity contribution is 0.574.